The molecule has 0 amide bonds. The van der Waals surface area contributed by atoms with Crippen LogP contribution in [0.15, 0.2) is 22.6 Å². The number of hydrogen-bond acceptors (Lipinski definition) is 4. The molecule has 18 heavy (non-hydrogen) atoms. The average Bonchev–Trinajstić information content (AvgIpc) is 2.66. The summed E-state index contributed by atoms with van der Waals surface area (Å²) < 4.78 is 10.9. The second-order valence-electron chi connectivity index (χ2n) is 3.81. The van der Waals surface area contributed by atoms with Crippen LogP contribution in [0.25, 0.3) is 0 Å². The van der Waals surface area contributed by atoms with E-state index in [0.29, 0.717) is 28.5 Å². The van der Waals surface area contributed by atoms with Crippen LogP contribution in [0.2, 0.25) is 5.02 Å². The van der Waals surface area contributed by atoms with Crippen LogP contribution in [0.5, 0.6) is 5.75 Å². The summed E-state index contributed by atoms with van der Waals surface area (Å²) in [6.07, 6.45) is 0.670. The van der Waals surface area contributed by atoms with Gasteiger partial charge in [-0.1, -0.05) is 17.7 Å². The summed E-state index contributed by atoms with van der Waals surface area (Å²) >= 11 is 5.89. The molecule has 0 aliphatic rings. The van der Waals surface area contributed by atoms with Crippen molar-refractivity contribution < 1.29 is 13.9 Å². The van der Waals surface area contributed by atoms with Gasteiger partial charge in [-0.05, 0) is 26.0 Å². The number of benzene rings is 1. The van der Waals surface area contributed by atoms with Crippen LogP contribution in [0.3, 0.4) is 0 Å². The summed E-state index contributed by atoms with van der Waals surface area (Å²) in [6, 6.07) is 5.03. The van der Waals surface area contributed by atoms with Gasteiger partial charge in [-0.3, -0.25) is 4.79 Å². The molecule has 1 heterocycles. The first-order valence-corrected chi connectivity index (χ1v) is 5.79. The fraction of sp³-hybridized carbons (Fsp3) is 0.231. The lowest BCUT2D eigenvalue weighted by atomic mass is 10.2. The van der Waals surface area contributed by atoms with Gasteiger partial charge in [-0.2, -0.15) is 0 Å². The van der Waals surface area contributed by atoms with E-state index >= 15 is 0 Å². The topological polar surface area (TPSA) is 52.3 Å². The van der Waals surface area contributed by atoms with E-state index in [4.69, 9.17) is 20.8 Å². The predicted molar refractivity (Wildman–Crippen MR) is 67.1 cm³/mol. The molecule has 0 spiro atoms. The molecule has 0 atom stereocenters. The highest BCUT2D eigenvalue weighted by Crippen LogP contribution is 2.25. The summed E-state index contributed by atoms with van der Waals surface area (Å²) in [4.78, 5) is 15.1. The maximum absolute atomic E-state index is 10.9. The van der Waals surface area contributed by atoms with Crippen molar-refractivity contribution in [2.24, 2.45) is 0 Å². The molecule has 0 fully saturated rings. The van der Waals surface area contributed by atoms with Crippen LogP contribution in [-0.2, 0) is 6.61 Å². The molecule has 0 saturated carbocycles. The Labute approximate surface area is 110 Å². The highest BCUT2D eigenvalue weighted by Gasteiger charge is 2.10. The molecule has 0 unspecified atom stereocenters. The van der Waals surface area contributed by atoms with E-state index in [0.717, 1.165) is 11.5 Å². The number of nitrogens with zero attached hydrogens (tertiary/aromatic N) is 1. The minimum atomic E-state index is 0.163. The van der Waals surface area contributed by atoms with Crippen molar-refractivity contribution in [3.05, 3.63) is 46.1 Å². The summed E-state index contributed by atoms with van der Waals surface area (Å²) in [5.41, 5.74) is 1.16. The Morgan fingerprint density at radius 3 is 2.83 bits per heavy atom. The minimum Gasteiger partial charge on any atom is -0.483 e. The van der Waals surface area contributed by atoms with Crippen molar-refractivity contribution in [1.82, 2.24) is 4.98 Å². The van der Waals surface area contributed by atoms with E-state index in [2.05, 4.69) is 4.98 Å². The summed E-state index contributed by atoms with van der Waals surface area (Å²) in [6.45, 7) is 3.86. The van der Waals surface area contributed by atoms with Gasteiger partial charge in [-0.25, -0.2) is 4.98 Å². The molecule has 0 bridgehead atoms. The first-order valence-electron chi connectivity index (χ1n) is 5.41. The Bertz CT molecular complexity index is 558. The van der Waals surface area contributed by atoms with E-state index in [-0.39, 0.29) is 6.61 Å². The Hall–Kier alpha value is -1.81. The number of hydrogen-bond donors (Lipinski definition) is 0. The molecule has 4 nitrogen and oxygen atoms in total. The molecule has 2 aromatic rings. The maximum Gasteiger partial charge on any atom is 0.232 e. The first-order chi connectivity index (χ1) is 8.61. The van der Waals surface area contributed by atoms with Gasteiger partial charge in [0.1, 0.15) is 11.5 Å². The van der Waals surface area contributed by atoms with E-state index in [1.54, 1.807) is 18.2 Å². The zero-order valence-electron chi connectivity index (χ0n) is 10.1. The number of aryl methyl sites for hydroxylation is 2. The molecule has 1 aromatic heterocycles. The van der Waals surface area contributed by atoms with Gasteiger partial charge in [0.05, 0.1) is 16.3 Å². The highest BCUT2D eigenvalue weighted by atomic mass is 35.5. The number of aldehydes is 1. The third-order valence-corrected chi connectivity index (χ3v) is 2.88. The zero-order chi connectivity index (χ0) is 13.1. The lowest BCUT2D eigenvalue weighted by Crippen LogP contribution is -1.99. The molecular weight excluding hydrogens is 254 g/mol. The SMILES string of the molecule is Cc1nc(COc2cccc(Cl)c2C=O)oc1C. The van der Waals surface area contributed by atoms with E-state index in [1.807, 2.05) is 13.8 Å². The Morgan fingerprint density at radius 1 is 1.44 bits per heavy atom. The normalized spacial score (nSPS) is 10.4. The van der Waals surface area contributed by atoms with Crippen LogP contribution >= 0.6 is 11.6 Å². The van der Waals surface area contributed by atoms with E-state index in [1.165, 1.54) is 0 Å². The van der Waals surface area contributed by atoms with Gasteiger partial charge in [0.25, 0.3) is 0 Å². The smallest absolute Gasteiger partial charge is 0.232 e. The lowest BCUT2D eigenvalue weighted by molar-refractivity contribution is 0.111. The largest absolute Gasteiger partial charge is 0.483 e. The van der Waals surface area contributed by atoms with Crippen molar-refractivity contribution in [3.8, 4) is 5.75 Å². The first kappa shape index (κ1) is 12.6. The molecule has 0 saturated heterocycles. The number of aromatic nitrogens is 1. The lowest BCUT2D eigenvalue weighted by Gasteiger charge is -2.07. The highest BCUT2D eigenvalue weighted by molar-refractivity contribution is 6.33. The Morgan fingerprint density at radius 2 is 2.22 bits per heavy atom. The van der Waals surface area contributed by atoms with Crippen LogP contribution in [0.4, 0.5) is 0 Å². The van der Waals surface area contributed by atoms with Gasteiger partial charge in [-0.15, -0.1) is 0 Å². The van der Waals surface area contributed by atoms with Crippen LogP contribution in [0, 0.1) is 13.8 Å². The van der Waals surface area contributed by atoms with Gasteiger partial charge in [0.15, 0.2) is 12.9 Å². The number of ether oxygens (including phenoxy) is 1. The number of halogens is 1. The number of carbonyl (C=O) groups is 1. The molecule has 0 aliphatic heterocycles. The predicted octanol–water partition coefficient (Wildman–Crippen LogP) is 3.34. The summed E-state index contributed by atoms with van der Waals surface area (Å²) in [7, 11) is 0. The molecule has 94 valence electrons. The maximum atomic E-state index is 10.9. The van der Waals surface area contributed by atoms with Gasteiger partial charge in [0.2, 0.25) is 5.89 Å². The standard InChI is InChI=1S/C13H12ClNO3/c1-8-9(2)18-13(15-8)7-17-12-5-3-4-11(14)10(12)6-16/h3-6H,7H2,1-2H3. The second-order valence-corrected chi connectivity index (χ2v) is 4.21. The Kier molecular flexibility index (Phi) is 3.67. The van der Waals surface area contributed by atoms with Gasteiger partial charge >= 0.3 is 0 Å². The molecule has 0 radical (unpaired) electrons. The molecule has 1 aromatic carbocycles. The fourth-order valence-corrected chi connectivity index (χ4v) is 1.71. The van der Waals surface area contributed by atoms with Crippen molar-refractivity contribution in [2.75, 3.05) is 0 Å². The average molecular weight is 266 g/mol. The third-order valence-electron chi connectivity index (χ3n) is 2.55. The Balaban J connectivity index is 2.15. The molecule has 2 rings (SSSR count). The molecule has 0 N–H and O–H groups in total. The van der Waals surface area contributed by atoms with Gasteiger partial charge < -0.3 is 9.15 Å². The fourth-order valence-electron chi connectivity index (χ4n) is 1.50. The minimum absolute atomic E-state index is 0.163. The van der Waals surface area contributed by atoms with E-state index < -0.39 is 0 Å². The number of carbonyl (C=O) groups excluding carboxylic acids is 1. The molecule has 5 heteroatoms. The number of rotatable bonds is 4. The molecular formula is C13H12ClNO3. The second kappa shape index (κ2) is 5.23. The van der Waals surface area contributed by atoms with Crippen LogP contribution in [0.1, 0.15) is 27.7 Å². The quantitative estimate of drug-likeness (QED) is 0.796. The van der Waals surface area contributed by atoms with Crippen LogP contribution in [-0.4, -0.2) is 11.3 Å². The van der Waals surface area contributed by atoms with Crippen molar-refractivity contribution >= 4 is 17.9 Å². The summed E-state index contributed by atoms with van der Waals surface area (Å²) in [5.74, 6) is 1.66. The van der Waals surface area contributed by atoms with E-state index in [9.17, 15) is 4.79 Å². The summed E-state index contributed by atoms with van der Waals surface area (Å²) in [5, 5.41) is 0.363. The van der Waals surface area contributed by atoms with Crippen LogP contribution < -0.4 is 4.74 Å². The third kappa shape index (κ3) is 2.54. The van der Waals surface area contributed by atoms with Crippen molar-refractivity contribution in [1.29, 1.82) is 0 Å². The van der Waals surface area contributed by atoms with Gasteiger partial charge in [0, 0.05) is 0 Å². The monoisotopic (exact) mass is 265 g/mol. The molecule has 0 aliphatic carbocycles. The van der Waals surface area contributed by atoms with Crippen molar-refractivity contribution in [3.63, 3.8) is 0 Å². The zero-order valence-corrected chi connectivity index (χ0v) is 10.8. The number of oxazole rings is 1. The van der Waals surface area contributed by atoms with Crippen molar-refractivity contribution in [2.45, 2.75) is 20.5 Å².